The molecule has 5 heteroatoms. The van der Waals surface area contributed by atoms with Crippen LogP contribution in [0.3, 0.4) is 0 Å². The van der Waals surface area contributed by atoms with Crippen LogP contribution in [0.25, 0.3) is 0 Å². The molecular formula is C15H22N2O2S. The second-order valence-electron chi connectivity index (χ2n) is 6.25. The molecular weight excluding hydrogens is 272 g/mol. The number of hydrogen-bond acceptors (Lipinski definition) is 2. The maximum absolute atomic E-state index is 12.6. The fourth-order valence-corrected chi connectivity index (χ4v) is 5.14. The van der Waals surface area contributed by atoms with Gasteiger partial charge in [-0.1, -0.05) is 44.2 Å². The van der Waals surface area contributed by atoms with E-state index in [1.807, 2.05) is 30.3 Å². The van der Waals surface area contributed by atoms with Crippen LogP contribution in [0.2, 0.25) is 0 Å². The lowest BCUT2D eigenvalue weighted by atomic mass is 9.93. The molecule has 110 valence electrons. The number of fused-ring (bicyclic) bond motifs is 1. The quantitative estimate of drug-likeness (QED) is 0.856. The van der Waals surface area contributed by atoms with Crippen LogP contribution in [0.1, 0.15) is 25.8 Å². The normalized spacial score (nSPS) is 29.9. The van der Waals surface area contributed by atoms with Gasteiger partial charge in [0.2, 0.25) is 0 Å². The summed E-state index contributed by atoms with van der Waals surface area (Å²) < 4.78 is 28.5. The van der Waals surface area contributed by atoms with Crippen molar-refractivity contribution >= 4 is 10.2 Å². The second-order valence-corrected chi connectivity index (χ2v) is 8.13. The molecule has 2 saturated heterocycles. The van der Waals surface area contributed by atoms with Crippen LogP contribution in [0.4, 0.5) is 0 Å². The van der Waals surface area contributed by atoms with Gasteiger partial charge in [-0.25, -0.2) is 0 Å². The Labute approximate surface area is 121 Å². The molecule has 0 aromatic heterocycles. The molecule has 1 aromatic rings. The van der Waals surface area contributed by atoms with Crippen LogP contribution in [0.15, 0.2) is 30.3 Å². The molecule has 0 bridgehead atoms. The Hall–Kier alpha value is -0.910. The molecule has 0 aliphatic carbocycles. The van der Waals surface area contributed by atoms with Gasteiger partial charge in [0.05, 0.1) is 0 Å². The van der Waals surface area contributed by atoms with Gasteiger partial charge in [0.1, 0.15) is 0 Å². The van der Waals surface area contributed by atoms with Gasteiger partial charge in [0.25, 0.3) is 10.2 Å². The summed E-state index contributed by atoms with van der Waals surface area (Å²) in [5, 5.41) is 0. The number of rotatable bonds is 3. The molecule has 2 atom stereocenters. The van der Waals surface area contributed by atoms with Crippen molar-refractivity contribution in [1.82, 2.24) is 8.61 Å². The Morgan fingerprint density at radius 2 is 1.90 bits per heavy atom. The van der Waals surface area contributed by atoms with Crippen LogP contribution < -0.4 is 0 Å². The fraction of sp³-hybridized carbons (Fsp3) is 0.600. The molecule has 2 aliphatic rings. The topological polar surface area (TPSA) is 40.6 Å². The van der Waals surface area contributed by atoms with E-state index in [9.17, 15) is 8.42 Å². The Kier molecular flexibility index (Phi) is 3.60. The summed E-state index contributed by atoms with van der Waals surface area (Å²) in [6.07, 6.45) is 1.00. The van der Waals surface area contributed by atoms with Crippen molar-refractivity contribution < 1.29 is 8.42 Å². The molecule has 20 heavy (non-hydrogen) atoms. The zero-order valence-corrected chi connectivity index (χ0v) is 12.9. The van der Waals surface area contributed by atoms with Crippen LogP contribution in [0.5, 0.6) is 0 Å². The van der Waals surface area contributed by atoms with E-state index in [2.05, 4.69) is 13.8 Å². The van der Waals surface area contributed by atoms with Crippen LogP contribution in [0, 0.1) is 11.8 Å². The van der Waals surface area contributed by atoms with E-state index in [1.165, 1.54) is 0 Å². The standard InChI is InChI=1S/C15H22N2O2S/c1-12(2)14-8-15-11-16(20(18,19)17(15)10-14)9-13-6-4-3-5-7-13/h3-7,12,14-15H,8-11H2,1-2H3. The van der Waals surface area contributed by atoms with Crippen LogP contribution >= 0.6 is 0 Å². The summed E-state index contributed by atoms with van der Waals surface area (Å²) in [5.41, 5.74) is 1.05. The summed E-state index contributed by atoms with van der Waals surface area (Å²) in [7, 11) is -3.26. The summed E-state index contributed by atoms with van der Waals surface area (Å²) >= 11 is 0. The van der Waals surface area contributed by atoms with Crippen LogP contribution in [-0.4, -0.2) is 36.2 Å². The number of hydrogen-bond donors (Lipinski definition) is 0. The van der Waals surface area contributed by atoms with Gasteiger partial charge in [0, 0.05) is 25.7 Å². The minimum Gasteiger partial charge on any atom is -0.195 e. The first-order chi connectivity index (χ1) is 9.48. The fourth-order valence-electron chi connectivity index (χ4n) is 3.26. The third kappa shape index (κ3) is 2.38. The summed E-state index contributed by atoms with van der Waals surface area (Å²) in [6.45, 7) is 6.18. The predicted octanol–water partition coefficient (Wildman–Crippen LogP) is 2.09. The molecule has 3 rings (SSSR count). The Bertz CT molecular complexity index is 571. The molecule has 0 N–H and O–H groups in total. The lowest BCUT2D eigenvalue weighted by molar-refractivity contribution is 0.370. The third-order valence-electron chi connectivity index (χ3n) is 4.58. The van der Waals surface area contributed by atoms with Crippen molar-refractivity contribution in [3.8, 4) is 0 Å². The maximum Gasteiger partial charge on any atom is 0.282 e. The molecule has 1 aromatic carbocycles. The Morgan fingerprint density at radius 3 is 2.50 bits per heavy atom. The Morgan fingerprint density at radius 1 is 1.20 bits per heavy atom. The zero-order valence-electron chi connectivity index (χ0n) is 12.1. The number of benzene rings is 1. The minimum atomic E-state index is -3.26. The van der Waals surface area contributed by atoms with E-state index in [0.29, 0.717) is 31.5 Å². The largest absolute Gasteiger partial charge is 0.282 e. The molecule has 2 unspecified atom stereocenters. The number of nitrogens with zero attached hydrogens (tertiary/aromatic N) is 2. The van der Waals surface area contributed by atoms with E-state index in [-0.39, 0.29) is 6.04 Å². The minimum absolute atomic E-state index is 0.177. The molecule has 2 heterocycles. The van der Waals surface area contributed by atoms with E-state index >= 15 is 0 Å². The van der Waals surface area contributed by atoms with Gasteiger partial charge in [-0.3, -0.25) is 0 Å². The lowest BCUT2D eigenvalue weighted by Gasteiger charge is -2.20. The summed E-state index contributed by atoms with van der Waals surface area (Å²) in [4.78, 5) is 0. The first-order valence-electron chi connectivity index (χ1n) is 7.29. The summed E-state index contributed by atoms with van der Waals surface area (Å²) in [6, 6.07) is 10.00. The first kappa shape index (κ1) is 14.0. The predicted molar refractivity (Wildman–Crippen MR) is 79.2 cm³/mol. The van der Waals surface area contributed by atoms with E-state index < -0.39 is 10.2 Å². The van der Waals surface area contributed by atoms with Gasteiger partial charge in [-0.15, -0.1) is 0 Å². The van der Waals surface area contributed by atoms with E-state index in [0.717, 1.165) is 12.0 Å². The van der Waals surface area contributed by atoms with Crippen molar-refractivity contribution in [2.45, 2.75) is 32.9 Å². The second kappa shape index (κ2) is 5.13. The van der Waals surface area contributed by atoms with Crippen molar-refractivity contribution in [2.75, 3.05) is 13.1 Å². The van der Waals surface area contributed by atoms with Gasteiger partial charge in [-0.05, 0) is 23.8 Å². The molecule has 0 radical (unpaired) electrons. The van der Waals surface area contributed by atoms with Crippen molar-refractivity contribution in [2.24, 2.45) is 11.8 Å². The molecule has 2 fully saturated rings. The zero-order chi connectivity index (χ0) is 14.3. The molecule has 0 amide bonds. The highest BCUT2D eigenvalue weighted by molar-refractivity contribution is 7.87. The van der Waals surface area contributed by atoms with Crippen molar-refractivity contribution in [3.05, 3.63) is 35.9 Å². The van der Waals surface area contributed by atoms with E-state index in [4.69, 9.17) is 0 Å². The first-order valence-corrected chi connectivity index (χ1v) is 8.69. The SMILES string of the molecule is CC(C)C1CC2CN(Cc3ccccc3)S(=O)(=O)N2C1. The van der Waals surface area contributed by atoms with Crippen LogP contribution in [-0.2, 0) is 16.8 Å². The monoisotopic (exact) mass is 294 g/mol. The smallest absolute Gasteiger partial charge is 0.195 e. The highest BCUT2D eigenvalue weighted by Crippen LogP contribution is 2.37. The van der Waals surface area contributed by atoms with Gasteiger partial charge in [0.15, 0.2) is 0 Å². The van der Waals surface area contributed by atoms with Gasteiger partial charge in [-0.2, -0.15) is 17.0 Å². The average Bonchev–Trinajstić information content (AvgIpc) is 2.92. The van der Waals surface area contributed by atoms with Gasteiger partial charge >= 0.3 is 0 Å². The Balaban J connectivity index is 1.75. The molecule has 2 aliphatic heterocycles. The van der Waals surface area contributed by atoms with E-state index in [1.54, 1.807) is 8.61 Å². The molecule has 4 nitrogen and oxygen atoms in total. The summed E-state index contributed by atoms with van der Waals surface area (Å²) in [5.74, 6) is 1.06. The highest BCUT2D eigenvalue weighted by atomic mass is 32.2. The van der Waals surface area contributed by atoms with Crippen molar-refractivity contribution in [1.29, 1.82) is 0 Å². The molecule has 0 spiro atoms. The average molecular weight is 294 g/mol. The maximum atomic E-state index is 12.6. The van der Waals surface area contributed by atoms with Crippen molar-refractivity contribution in [3.63, 3.8) is 0 Å². The highest BCUT2D eigenvalue weighted by Gasteiger charge is 2.49. The third-order valence-corrected chi connectivity index (χ3v) is 6.55. The lowest BCUT2D eigenvalue weighted by Crippen LogP contribution is -2.34. The molecule has 0 saturated carbocycles. The van der Waals surface area contributed by atoms with Gasteiger partial charge < -0.3 is 0 Å².